The Morgan fingerprint density at radius 3 is 3.00 bits per heavy atom. The Kier molecular flexibility index (Phi) is 3.46. The average Bonchev–Trinajstić information content (AvgIpc) is 2.81. The van der Waals surface area contributed by atoms with Gasteiger partial charge in [-0.05, 0) is 29.7 Å². The van der Waals surface area contributed by atoms with Crippen LogP contribution >= 0.6 is 11.3 Å². The van der Waals surface area contributed by atoms with Gasteiger partial charge in [-0.1, -0.05) is 6.07 Å². The molecule has 2 aromatic heterocycles. The lowest BCUT2D eigenvalue weighted by Gasteiger charge is -1.99. The second-order valence-electron chi connectivity index (χ2n) is 3.08. The quantitative estimate of drug-likeness (QED) is 0.824. The van der Waals surface area contributed by atoms with Gasteiger partial charge < -0.3 is 5.32 Å². The van der Waals surface area contributed by atoms with Crippen LogP contribution in [-0.2, 0) is 4.79 Å². The van der Waals surface area contributed by atoms with Gasteiger partial charge in [-0.2, -0.15) is 0 Å². The number of carbonyl (C=O) groups excluding carboxylic acids is 1. The fourth-order valence-corrected chi connectivity index (χ4v) is 1.78. The smallest absolute Gasteiger partial charge is 0.248 e. The van der Waals surface area contributed by atoms with Crippen molar-refractivity contribution in [3.8, 4) is 0 Å². The van der Waals surface area contributed by atoms with E-state index in [0.29, 0.717) is 5.69 Å². The van der Waals surface area contributed by atoms with Crippen LogP contribution in [0.1, 0.15) is 4.88 Å². The monoisotopic (exact) mass is 230 g/mol. The summed E-state index contributed by atoms with van der Waals surface area (Å²) in [7, 11) is 0. The van der Waals surface area contributed by atoms with Gasteiger partial charge in [0.25, 0.3) is 0 Å². The molecule has 1 N–H and O–H groups in total. The highest BCUT2D eigenvalue weighted by atomic mass is 32.1. The number of nitrogens with zero attached hydrogens (tertiary/aromatic N) is 1. The van der Waals surface area contributed by atoms with E-state index in [0.717, 1.165) is 4.88 Å². The van der Waals surface area contributed by atoms with E-state index in [4.69, 9.17) is 0 Å². The molecule has 2 heterocycles. The van der Waals surface area contributed by atoms with Gasteiger partial charge in [0.15, 0.2) is 0 Å². The van der Waals surface area contributed by atoms with Crippen LogP contribution in [0.2, 0.25) is 0 Å². The molecule has 2 rings (SSSR count). The summed E-state index contributed by atoms with van der Waals surface area (Å²) >= 11 is 1.59. The van der Waals surface area contributed by atoms with Crippen LogP contribution in [0.5, 0.6) is 0 Å². The van der Waals surface area contributed by atoms with E-state index >= 15 is 0 Å². The van der Waals surface area contributed by atoms with Crippen molar-refractivity contribution in [1.82, 2.24) is 4.98 Å². The van der Waals surface area contributed by atoms with Crippen LogP contribution in [-0.4, -0.2) is 10.9 Å². The number of pyridine rings is 1. The van der Waals surface area contributed by atoms with E-state index in [2.05, 4.69) is 10.3 Å². The molecule has 0 spiro atoms. The van der Waals surface area contributed by atoms with Gasteiger partial charge in [-0.3, -0.25) is 9.78 Å². The summed E-state index contributed by atoms with van der Waals surface area (Å²) in [6, 6.07) is 7.48. The van der Waals surface area contributed by atoms with Gasteiger partial charge in [-0.15, -0.1) is 11.3 Å². The number of nitrogens with one attached hydrogen (secondary N) is 1. The molecule has 2 aromatic rings. The third-order valence-corrected chi connectivity index (χ3v) is 2.71. The van der Waals surface area contributed by atoms with Crippen molar-refractivity contribution in [1.29, 1.82) is 0 Å². The lowest BCUT2D eigenvalue weighted by atomic mass is 10.3. The number of carbonyl (C=O) groups is 1. The Balaban J connectivity index is 1.95. The Bertz CT molecular complexity index is 477. The van der Waals surface area contributed by atoms with Crippen molar-refractivity contribution in [2.24, 2.45) is 0 Å². The minimum Gasteiger partial charge on any atom is -0.321 e. The van der Waals surface area contributed by atoms with E-state index in [9.17, 15) is 4.79 Å². The zero-order valence-electron chi connectivity index (χ0n) is 8.46. The molecule has 0 saturated carbocycles. The topological polar surface area (TPSA) is 42.0 Å². The minimum absolute atomic E-state index is 0.151. The van der Waals surface area contributed by atoms with E-state index in [1.807, 2.05) is 17.5 Å². The third kappa shape index (κ3) is 3.03. The normalized spacial score (nSPS) is 10.5. The molecule has 0 atom stereocenters. The predicted octanol–water partition coefficient (Wildman–Crippen LogP) is 2.79. The first-order valence-electron chi connectivity index (χ1n) is 4.77. The number of rotatable bonds is 3. The molecule has 0 aliphatic rings. The number of amides is 1. The Labute approximate surface area is 97.5 Å². The predicted molar refractivity (Wildman–Crippen MR) is 66.2 cm³/mol. The van der Waals surface area contributed by atoms with Crippen molar-refractivity contribution in [2.75, 3.05) is 5.32 Å². The van der Waals surface area contributed by atoms with Gasteiger partial charge in [0.2, 0.25) is 5.91 Å². The van der Waals surface area contributed by atoms with Crippen LogP contribution in [0.3, 0.4) is 0 Å². The molecule has 16 heavy (non-hydrogen) atoms. The number of aromatic nitrogens is 1. The van der Waals surface area contributed by atoms with Crippen molar-refractivity contribution >= 4 is 29.0 Å². The Hall–Kier alpha value is -1.94. The first-order valence-corrected chi connectivity index (χ1v) is 5.65. The highest BCUT2D eigenvalue weighted by molar-refractivity contribution is 7.10. The molecular weight excluding hydrogens is 220 g/mol. The fraction of sp³-hybridized carbons (Fsp3) is 0. The molecule has 0 aliphatic heterocycles. The summed E-state index contributed by atoms with van der Waals surface area (Å²) in [4.78, 5) is 16.5. The Morgan fingerprint density at radius 2 is 2.31 bits per heavy atom. The van der Waals surface area contributed by atoms with Crippen LogP contribution in [0, 0.1) is 0 Å². The third-order valence-electron chi connectivity index (χ3n) is 1.87. The molecule has 4 heteroatoms. The van der Waals surface area contributed by atoms with Crippen LogP contribution in [0.15, 0.2) is 48.1 Å². The van der Waals surface area contributed by atoms with Crippen molar-refractivity contribution in [3.05, 3.63) is 53.0 Å². The minimum atomic E-state index is -0.151. The molecule has 0 bridgehead atoms. The molecule has 0 saturated heterocycles. The molecule has 0 radical (unpaired) electrons. The van der Waals surface area contributed by atoms with E-state index < -0.39 is 0 Å². The van der Waals surface area contributed by atoms with Gasteiger partial charge >= 0.3 is 0 Å². The second kappa shape index (κ2) is 5.23. The number of hydrogen-bond acceptors (Lipinski definition) is 3. The summed E-state index contributed by atoms with van der Waals surface area (Å²) in [6.07, 6.45) is 6.57. The molecule has 1 amide bonds. The highest BCUT2D eigenvalue weighted by Crippen LogP contribution is 2.10. The van der Waals surface area contributed by atoms with Crippen LogP contribution in [0.25, 0.3) is 6.08 Å². The number of thiophene rings is 1. The molecule has 80 valence electrons. The zero-order valence-corrected chi connectivity index (χ0v) is 9.28. The van der Waals surface area contributed by atoms with E-state index in [-0.39, 0.29) is 5.91 Å². The number of hydrogen-bond donors (Lipinski definition) is 1. The summed E-state index contributed by atoms with van der Waals surface area (Å²) < 4.78 is 0. The standard InChI is InChI=1S/C12H10N2OS/c15-12(6-5-11-4-2-8-16-11)14-10-3-1-7-13-9-10/h1-9H,(H,14,15). The zero-order chi connectivity index (χ0) is 11.2. The maximum atomic E-state index is 11.5. The maximum Gasteiger partial charge on any atom is 0.248 e. The van der Waals surface area contributed by atoms with E-state index in [1.165, 1.54) is 6.08 Å². The summed E-state index contributed by atoms with van der Waals surface area (Å²) in [5.74, 6) is -0.151. The van der Waals surface area contributed by atoms with Crippen LogP contribution in [0.4, 0.5) is 5.69 Å². The average molecular weight is 230 g/mol. The summed E-state index contributed by atoms with van der Waals surface area (Å²) in [5, 5.41) is 4.69. The van der Waals surface area contributed by atoms with Gasteiger partial charge in [0.05, 0.1) is 11.9 Å². The molecule has 0 unspecified atom stereocenters. The SMILES string of the molecule is O=C(C=Cc1cccs1)Nc1cccnc1. The van der Waals surface area contributed by atoms with Gasteiger partial charge in [0.1, 0.15) is 0 Å². The van der Waals surface area contributed by atoms with Crippen LogP contribution < -0.4 is 5.32 Å². The van der Waals surface area contributed by atoms with Crippen molar-refractivity contribution < 1.29 is 4.79 Å². The lowest BCUT2D eigenvalue weighted by Crippen LogP contribution is -2.07. The van der Waals surface area contributed by atoms with Gasteiger partial charge in [0, 0.05) is 17.2 Å². The fourth-order valence-electron chi connectivity index (χ4n) is 1.16. The number of anilines is 1. The Morgan fingerprint density at radius 1 is 1.38 bits per heavy atom. The molecule has 0 aliphatic carbocycles. The molecular formula is C12H10N2OS. The summed E-state index contributed by atoms with van der Waals surface area (Å²) in [5.41, 5.74) is 0.698. The largest absolute Gasteiger partial charge is 0.321 e. The first kappa shape index (κ1) is 10.6. The van der Waals surface area contributed by atoms with Crippen molar-refractivity contribution in [2.45, 2.75) is 0 Å². The van der Waals surface area contributed by atoms with E-state index in [1.54, 1.807) is 41.9 Å². The molecule has 3 nitrogen and oxygen atoms in total. The maximum absolute atomic E-state index is 11.5. The summed E-state index contributed by atoms with van der Waals surface area (Å²) in [6.45, 7) is 0. The molecule has 0 fully saturated rings. The lowest BCUT2D eigenvalue weighted by molar-refractivity contribution is -0.111. The highest BCUT2D eigenvalue weighted by Gasteiger charge is 1.96. The second-order valence-corrected chi connectivity index (χ2v) is 4.06. The first-order chi connectivity index (χ1) is 7.84. The van der Waals surface area contributed by atoms with Gasteiger partial charge in [-0.25, -0.2) is 0 Å². The van der Waals surface area contributed by atoms with Crippen molar-refractivity contribution in [3.63, 3.8) is 0 Å². The molecule has 0 aromatic carbocycles.